The van der Waals surface area contributed by atoms with Gasteiger partial charge in [-0.1, -0.05) is 81.4 Å². The van der Waals surface area contributed by atoms with Crippen LogP contribution < -0.4 is 21.6 Å². The average Bonchev–Trinajstić information content (AvgIpc) is 3.66. The lowest BCUT2D eigenvalue weighted by molar-refractivity contribution is -0.296. The summed E-state index contributed by atoms with van der Waals surface area (Å²) in [5.74, 6) is -0.881. The minimum atomic E-state index is -2.87. The third-order valence-electron chi connectivity index (χ3n) is 9.00. The van der Waals surface area contributed by atoms with E-state index in [1.165, 1.54) is 10.8 Å². The van der Waals surface area contributed by atoms with Crippen molar-refractivity contribution < 1.29 is 28.6 Å². The second kappa shape index (κ2) is 12.0. The van der Waals surface area contributed by atoms with Crippen molar-refractivity contribution in [2.45, 2.75) is 95.6 Å². The number of hydroxylamine groups is 2. The van der Waals surface area contributed by atoms with Gasteiger partial charge >= 0.3 is 5.69 Å². The molecule has 0 radical (unpaired) electrons. The topological polar surface area (TPSA) is 124 Å². The molecule has 6 atom stereocenters. The number of ether oxygens (including phenoxy) is 3. The quantitative estimate of drug-likeness (QED) is 0.358. The highest BCUT2D eigenvalue weighted by Gasteiger charge is 2.60. The number of fused-ring (bicyclic) bond motifs is 1. The summed E-state index contributed by atoms with van der Waals surface area (Å²) >= 11 is 0. The molecular formula is C33H43N3O8Si. The highest BCUT2D eigenvalue weighted by atomic mass is 28.4. The number of aromatic nitrogens is 2. The molecule has 0 saturated carbocycles. The van der Waals surface area contributed by atoms with Crippen molar-refractivity contribution in [1.29, 1.82) is 0 Å². The summed E-state index contributed by atoms with van der Waals surface area (Å²) in [5.41, 5.74) is -0.657. The van der Waals surface area contributed by atoms with Crippen molar-refractivity contribution in [3.63, 3.8) is 0 Å². The Labute approximate surface area is 263 Å². The van der Waals surface area contributed by atoms with Gasteiger partial charge in [0.2, 0.25) is 0 Å². The molecule has 11 nitrogen and oxygen atoms in total. The Morgan fingerprint density at radius 1 is 1.00 bits per heavy atom. The summed E-state index contributed by atoms with van der Waals surface area (Å²) in [6, 6.07) is 20.3. The molecule has 6 rings (SSSR count). The molecule has 242 valence electrons. The molecule has 12 heteroatoms. The zero-order chi connectivity index (χ0) is 32.1. The number of nitrogens with one attached hydrogen (secondary N) is 1. The molecule has 2 N–H and O–H groups in total. The number of hydrogen-bond acceptors (Lipinski definition) is 9. The summed E-state index contributed by atoms with van der Waals surface area (Å²) in [6.07, 6.45) is -1.25. The fourth-order valence-electron chi connectivity index (χ4n) is 6.96. The van der Waals surface area contributed by atoms with E-state index >= 15 is 0 Å². The van der Waals surface area contributed by atoms with Crippen LogP contribution in [0.3, 0.4) is 0 Å². The lowest BCUT2D eigenvalue weighted by Gasteiger charge is -2.43. The third-order valence-corrected chi connectivity index (χ3v) is 14.0. The number of rotatable bonds is 8. The van der Waals surface area contributed by atoms with Crippen LogP contribution in [0.5, 0.6) is 0 Å². The van der Waals surface area contributed by atoms with E-state index in [-0.39, 0.29) is 18.3 Å². The van der Waals surface area contributed by atoms with Crippen molar-refractivity contribution in [2.24, 2.45) is 0 Å². The summed E-state index contributed by atoms with van der Waals surface area (Å²) in [7, 11) is -2.87. The molecule has 0 bridgehead atoms. The Morgan fingerprint density at radius 2 is 1.60 bits per heavy atom. The molecule has 45 heavy (non-hydrogen) atoms. The first kappa shape index (κ1) is 32.0. The molecule has 3 fully saturated rings. The van der Waals surface area contributed by atoms with Gasteiger partial charge in [0.1, 0.15) is 18.3 Å². The van der Waals surface area contributed by atoms with Gasteiger partial charge in [0.25, 0.3) is 13.9 Å². The molecule has 0 unspecified atom stereocenters. The van der Waals surface area contributed by atoms with E-state index in [4.69, 9.17) is 23.5 Å². The number of nitrogens with zero attached hydrogens (tertiary/aromatic N) is 2. The van der Waals surface area contributed by atoms with Gasteiger partial charge in [-0.15, -0.1) is 5.06 Å². The molecule has 3 saturated heterocycles. The lowest BCUT2D eigenvalue weighted by atomic mass is 10.1. The van der Waals surface area contributed by atoms with Gasteiger partial charge in [-0.3, -0.25) is 19.2 Å². The molecule has 3 aromatic rings. The third kappa shape index (κ3) is 5.78. The second-order valence-electron chi connectivity index (χ2n) is 13.6. The van der Waals surface area contributed by atoms with Crippen LogP contribution in [0.1, 0.15) is 52.8 Å². The minimum absolute atomic E-state index is 0.227. The van der Waals surface area contributed by atoms with Crippen LogP contribution in [0.2, 0.25) is 5.04 Å². The van der Waals surface area contributed by atoms with Gasteiger partial charge in [-0.05, 0) is 36.2 Å². The number of aliphatic hydroxyl groups excluding tert-OH is 1. The maximum atomic E-state index is 12.7. The Hall–Kier alpha value is -2.94. The van der Waals surface area contributed by atoms with Crippen LogP contribution >= 0.6 is 0 Å². The molecule has 3 aliphatic heterocycles. The fourth-order valence-corrected chi connectivity index (χ4v) is 11.5. The van der Waals surface area contributed by atoms with E-state index in [1.54, 1.807) is 12.0 Å². The number of aromatic amines is 1. The minimum Gasteiger partial charge on any atom is -0.405 e. The summed E-state index contributed by atoms with van der Waals surface area (Å²) in [4.78, 5) is 33.3. The summed E-state index contributed by atoms with van der Waals surface area (Å²) in [6.45, 7) is 12.0. The van der Waals surface area contributed by atoms with E-state index < -0.39 is 62.2 Å². The lowest BCUT2D eigenvalue weighted by Crippen LogP contribution is -2.67. The van der Waals surface area contributed by atoms with Crippen molar-refractivity contribution in [2.75, 3.05) is 13.2 Å². The molecule has 0 aliphatic carbocycles. The Morgan fingerprint density at radius 3 is 2.18 bits per heavy atom. The fraction of sp³-hybridized carbons (Fsp3) is 0.515. The normalized spacial score (nSPS) is 28.4. The SMILES string of the molecule is Cc1cn([C@@H]2C[C@H](CO)N([C@@H]3O[C@H](CO[Si](c4ccccc4)(c4ccccc4)C(C)(C)C)[C@H]4OC(C)(C)O[C@H]43)O2)c(=O)[nH]c1=O. The molecule has 1 aromatic heterocycles. The average molecular weight is 638 g/mol. The maximum absolute atomic E-state index is 12.7. The second-order valence-corrected chi connectivity index (χ2v) is 17.9. The molecule has 0 spiro atoms. The van der Waals surface area contributed by atoms with Gasteiger partial charge in [-0.2, -0.15) is 0 Å². The van der Waals surface area contributed by atoms with Crippen molar-refractivity contribution in [1.82, 2.24) is 14.6 Å². The first-order valence-corrected chi connectivity index (χ1v) is 17.4. The molecule has 4 heterocycles. The Bertz CT molecular complexity index is 1570. The predicted octanol–water partition coefficient (Wildman–Crippen LogP) is 2.16. The van der Waals surface area contributed by atoms with Crippen molar-refractivity contribution in [3.8, 4) is 0 Å². The predicted molar refractivity (Wildman–Crippen MR) is 170 cm³/mol. The van der Waals surface area contributed by atoms with Crippen LogP contribution in [0, 0.1) is 6.92 Å². The van der Waals surface area contributed by atoms with Gasteiger partial charge in [0.15, 0.2) is 18.2 Å². The van der Waals surface area contributed by atoms with Gasteiger partial charge in [-0.25, -0.2) is 4.79 Å². The first-order valence-electron chi connectivity index (χ1n) is 15.5. The summed E-state index contributed by atoms with van der Waals surface area (Å²) < 4.78 is 28.0. The van der Waals surface area contributed by atoms with Gasteiger partial charge < -0.3 is 23.7 Å². The zero-order valence-electron chi connectivity index (χ0n) is 26.6. The Kier molecular flexibility index (Phi) is 8.55. The van der Waals surface area contributed by atoms with Crippen molar-refractivity contribution >= 4 is 18.7 Å². The summed E-state index contributed by atoms with van der Waals surface area (Å²) in [5, 5.41) is 14.1. The maximum Gasteiger partial charge on any atom is 0.330 e. The zero-order valence-corrected chi connectivity index (χ0v) is 27.6. The number of hydrogen-bond donors (Lipinski definition) is 2. The van der Waals surface area contributed by atoms with Crippen molar-refractivity contribution in [3.05, 3.63) is 93.3 Å². The highest BCUT2D eigenvalue weighted by molar-refractivity contribution is 6.99. The monoisotopic (exact) mass is 637 g/mol. The molecular weight excluding hydrogens is 594 g/mol. The number of H-pyrrole nitrogens is 1. The van der Waals surface area contributed by atoms with Crippen LogP contribution in [-0.4, -0.2) is 77.6 Å². The van der Waals surface area contributed by atoms with Gasteiger partial charge in [0, 0.05) is 18.2 Å². The first-order chi connectivity index (χ1) is 21.3. The molecule has 0 amide bonds. The van der Waals surface area contributed by atoms with E-state index in [0.29, 0.717) is 12.0 Å². The van der Waals surface area contributed by atoms with Crippen LogP contribution in [0.4, 0.5) is 0 Å². The standard InChI is InChI=1S/C33H43N3O8Si/c1-21-18-35(31(39)34-29(21)38)26-17-22(19-37)36(44-26)30-28-27(42-33(5,6)43-28)25(41-30)20-40-45(32(2,3)4,23-13-9-7-10-14-23)24-15-11-8-12-16-24/h7-16,18,22,25-28,30,37H,17,19-20H2,1-6H3,(H,34,38,39)/t22-,25-,26+,27-,28-,30-/m1/s1. The number of benzene rings is 2. The van der Waals surface area contributed by atoms with E-state index in [0.717, 1.165) is 10.4 Å². The number of aliphatic hydroxyl groups is 1. The molecule has 3 aliphatic rings. The van der Waals surface area contributed by atoms with E-state index in [1.807, 2.05) is 26.0 Å². The molecule has 2 aromatic carbocycles. The van der Waals surface area contributed by atoms with Crippen LogP contribution in [-0.2, 0) is 23.5 Å². The Balaban J connectivity index is 1.31. The van der Waals surface area contributed by atoms with Gasteiger partial charge in [0.05, 0.1) is 19.3 Å². The highest BCUT2D eigenvalue weighted by Crippen LogP contribution is 2.44. The van der Waals surface area contributed by atoms with E-state index in [2.05, 4.69) is 74.3 Å². The van der Waals surface area contributed by atoms with E-state index in [9.17, 15) is 14.7 Å². The van der Waals surface area contributed by atoms with Crippen LogP contribution in [0.15, 0.2) is 76.4 Å². The smallest absolute Gasteiger partial charge is 0.330 e. The number of aryl methyl sites for hydroxylation is 1. The largest absolute Gasteiger partial charge is 0.405 e. The van der Waals surface area contributed by atoms with Crippen LogP contribution in [0.25, 0.3) is 0 Å².